The topological polar surface area (TPSA) is 53.5 Å². The number of carbonyl (C=O) groups excluding carboxylic acids is 1. The van der Waals surface area contributed by atoms with Gasteiger partial charge < -0.3 is 10.6 Å². The van der Waals surface area contributed by atoms with E-state index in [1.54, 1.807) is 6.07 Å². The first kappa shape index (κ1) is 13.2. The summed E-state index contributed by atoms with van der Waals surface area (Å²) in [6, 6.07) is 5.47. The molecule has 0 spiro atoms. The van der Waals surface area contributed by atoms with Crippen molar-refractivity contribution in [1.82, 2.24) is 5.32 Å². The zero-order valence-corrected chi connectivity index (χ0v) is 11.6. The number of aliphatic imine (C=N–C) groups is 1. The maximum absolute atomic E-state index is 11.8. The number of halogens is 1. The number of hydrogen-bond acceptors (Lipinski definition) is 4. The van der Waals surface area contributed by atoms with Gasteiger partial charge in [0.25, 0.3) is 0 Å². The van der Waals surface area contributed by atoms with Crippen LogP contribution >= 0.6 is 23.4 Å². The Bertz CT molecular complexity index is 490. The molecule has 2 N–H and O–H groups in total. The Morgan fingerprint density at radius 1 is 1.61 bits per heavy atom. The molecule has 0 fully saturated rings. The summed E-state index contributed by atoms with van der Waals surface area (Å²) in [5.41, 5.74) is 1.64. The van der Waals surface area contributed by atoms with Crippen molar-refractivity contribution < 1.29 is 4.79 Å². The molecule has 0 saturated heterocycles. The third-order valence-electron chi connectivity index (χ3n) is 2.53. The van der Waals surface area contributed by atoms with E-state index in [2.05, 4.69) is 15.6 Å². The molecule has 0 unspecified atom stereocenters. The fraction of sp³-hybridized carbons (Fsp3) is 0.333. The van der Waals surface area contributed by atoms with Gasteiger partial charge >= 0.3 is 0 Å². The third kappa shape index (κ3) is 3.40. The number of anilines is 1. The van der Waals surface area contributed by atoms with Gasteiger partial charge in [0.05, 0.1) is 12.3 Å². The van der Waals surface area contributed by atoms with Gasteiger partial charge in [0.1, 0.15) is 0 Å². The second-order valence-electron chi connectivity index (χ2n) is 3.86. The Balaban J connectivity index is 1.88. The first-order chi connectivity index (χ1) is 8.66. The average molecular weight is 284 g/mol. The molecule has 1 aromatic carbocycles. The minimum atomic E-state index is -0.0539. The van der Waals surface area contributed by atoms with E-state index in [1.165, 1.54) is 11.8 Å². The molecule has 0 radical (unpaired) electrons. The maximum Gasteiger partial charge on any atom is 0.234 e. The largest absolute Gasteiger partial charge is 0.363 e. The lowest BCUT2D eigenvalue weighted by atomic mass is 10.2. The molecule has 1 aliphatic heterocycles. The number of hydrogen-bond donors (Lipinski definition) is 2. The van der Waals surface area contributed by atoms with Crippen LogP contribution in [0.15, 0.2) is 23.2 Å². The number of rotatable bonds is 3. The van der Waals surface area contributed by atoms with E-state index in [0.717, 1.165) is 29.5 Å². The van der Waals surface area contributed by atoms with E-state index in [0.29, 0.717) is 10.8 Å². The Labute approximate surface area is 115 Å². The van der Waals surface area contributed by atoms with Crippen molar-refractivity contribution in [3.63, 3.8) is 0 Å². The van der Waals surface area contributed by atoms with Crippen molar-refractivity contribution in [3.05, 3.63) is 28.8 Å². The lowest BCUT2D eigenvalue weighted by Crippen LogP contribution is -2.20. The normalized spacial score (nSPS) is 14.0. The van der Waals surface area contributed by atoms with Gasteiger partial charge in [-0.2, -0.15) is 0 Å². The van der Waals surface area contributed by atoms with E-state index in [-0.39, 0.29) is 5.91 Å². The summed E-state index contributed by atoms with van der Waals surface area (Å²) in [4.78, 5) is 16.0. The minimum Gasteiger partial charge on any atom is -0.363 e. The third-order valence-corrected chi connectivity index (χ3v) is 3.89. The molecular weight excluding hydrogens is 270 g/mol. The van der Waals surface area contributed by atoms with Gasteiger partial charge in [0, 0.05) is 17.3 Å². The molecule has 2 rings (SSSR count). The molecule has 4 nitrogen and oxygen atoms in total. The predicted molar refractivity (Wildman–Crippen MR) is 77.6 cm³/mol. The summed E-state index contributed by atoms with van der Waals surface area (Å²) in [6.45, 7) is 3.53. The quantitative estimate of drug-likeness (QED) is 0.895. The summed E-state index contributed by atoms with van der Waals surface area (Å²) < 4.78 is 0. The summed E-state index contributed by atoms with van der Waals surface area (Å²) >= 11 is 7.41. The van der Waals surface area contributed by atoms with Crippen molar-refractivity contribution in [2.75, 3.05) is 24.2 Å². The summed E-state index contributed by atoms with van der Waals surface area (Å²) in [7, 11) is 0. The minimum absolute atomic E-state index is 0.0539. The van der Waals surface area contributed by atoms with Crippen LogP contribution < -0.4 is 10.6 Å². The van der Waals surface area contributed by atoms with E-state index < -0.39 is 0 Å². The van der Waals surface area contributed by atoms with Gasteiger partial charge in [-0.3, -0.25) is 9.79 Å². The number of amidine groups is 1. The van der Waals surface area contributed by atoms with Crippen LogP contribution in [0.25, 0.3) is 0 Å². The maximum atomic E-state index is 11.8. The van der Waals surface area contributed by atoms with Crippen LogP contribution in [0.5, 0.6) is 0 Å². The number of nitrogens with one attached hydrogen (secondary N) is 2. The van der Waals surface area contributed by atoms with Gasteiger partial charge in [-0.1, -0.05) is 29.4 Å². The van der Waals surface area contributed by atoms with Crippen molar-refractivity contribution in [2.24, 2.45) is 4.99 Å². The highest BCUT2D eigenvalue weighted by molar-refractivity contribution is 8.14. The Morgan fingerprint density at radius 2 is 2.44 bits per heavy atom. The van der Waals surface area contributed by atoms with Gasteiger partial charge in [0.2, 0.25) is 5.91 Å². The molecule has 96 valence electrons. The molecule has 0 aliphatic carbocycles. The summed E-state index contributed by atoms with van der Waals surface area (Å²) in [5.74, 6) is 0.291. The van der Waals surface area contributed by atoms with Crippen molar-refractivity contribution >= 4 is 40.1 Å². The van der Waals surface area contributed by atoms with Gasteiger partial charge in [-0.15, -0.1) is 0 Å². The molecule has 0 saturated carbocycles. The second-order valence-corrected chi connectivity index (χ2v) is 5.23. The lowest BCUT2D eigenvalue weighted by molar-refractivity contribution is -0.113. The predicted octanol–water partition coefficient (Wildman–Crippen LogP) is 2.28. The molecule has 0 bridgehead atoms. The fourth-order valence-corrected chi connectivity index (χ4v) is 2.44. The van der Waals surface area contributed by atoms with Gasteiger partial charge in [-0.05, 0) is 24.6 Å². The van der Waals surface area contributed by atoms with E-state index in [1.807, 2.05) is 19.1 Å². The highest BCUT2D eigenvalue weighted by Gasteiger charge is 2.10. The van der Waals surface area contributed by atoms with E-state index >= 15 is 0 Å². The average Bonchev–Trinajstić information content (AvgIpc) is 2.86. The van der Waals surface area contributed by atoms with E-state index in [4.69, 9.17) is 11.6 Å². The van der Waals surface area contributed by atoms with Gasteiger partial charge in [0.15, 0.2) is 5.17 Å². The Kier molecular flexibility index (Phi) is 4.49. The van der Waals surface area contributed by atoms with Crippen LogP contribution in [0.2, 0.25) is 5.02 Å². The summed E-state index contributed by atoms with van der Waals surface area (Å²) in [5, 5.41) is 7.45. The molecule has 0 aromatic heterocycles. The van der Waals surface area contributed by atoms with Crippen LogP contribution in [0.4, 0.5) is 5.69 Å². The molecule has 6 heteroatoms. The molecule has 18 heavy (non-hydrogen) atoms. The number of carbonyl (C=O) groups is 1. The molecule has 0 atom stereocenters. The van der Waals surface area contributed by atoms with Crippen LogP contribution in [0.3, 0.4) is 0 Å². The monoisotopic (exact) mass is 283 g/mol. The first-order valence-electron chi connectivity index (χ1n) is 5.63. The zero-order valence-electron chi connectivity index (χ0n) is 10.00. The van der Waals surface area contributed by atoms with Crippen LogP contribution in [0, 0.1) is 6.92 Å². The number of amides is 1. The SMILES string of the molecule is Cc1c(Cl)cccc1NC(=O)CSC1=NCCN1. The standard InChI is InChI=1S/C12H14ClN3OS/c1-8-9(13)3-2-4-10(8)16-11(17)7-18-12-14-5-6-15-12/h2-4H,5-7H2,1H3,(H,14,15)(H,16,17). The van der Waals surface area contributed by atoms with Crippen molar-refractivity contribution in [3.8, 4) is 0 Å². The first-order valence-corrected chi connectivity index (χ1v) is 6.99. The van der Waals surface area contributed by atoms with Crippen LogP contribution in [-0.4, -0.2) is 29.9 Å². The number of benzene rings is 1. The molecule has 1 aromatic rings. The molecular formula is C12H14ClN3OS. The number of nitrogens with zero attached hydrogens (tertiary/aromatic N) is 1. The number of thioether (sulfide) groups is 1. The molecule has 1 aliphatic rings. The zero-order chi connectivity index (χ0) is 13.0. The van der Waals surface area contributed by atoms with E-state index in [9.17, 15) is 4.79 Å². The van der Waals surface area contributed by atoms with Crippen LogP contribution in [-0.2, 0) is 4.79 Å². The molecule has 1 heterocycles. The van der Waals surface area contributed by atoms with Crippen molar-refractivity contribution in [1.29, 1.82) is 0 Å². The Hall–Kier alpha value is -1.20. The van der Waals surface area contributed by atoms with Gasteiger partial charge in [-0.25, -0.2) is 0 Å². The second kappa shape index (κ2) is 6.11. The molecule has 1 amide bonds. The fourth-order valence-electron chi connectivity index (χ4n) is 1.54. The van der Waals surface area contributed by atoms with Crippen molar-refractivity contribution in [2.45, 2.75) is 6.92 Å². The Morgan fingerprint density at radius 3 is 3.17 bits per heavy atom. The van der Waals surface area contributed by atoms with Crippen LogP contribution in [0.1, 0.15) is 5.56 Å². The summed E-state index contributed by atoms with van der Waals surface area (Å²) in [6.07, 6.45) is 0. The highest BCUT2D eigenvalue weighted by Crippen LogP contribution is 2.23. The lowest BCUT2D eigenvalue weighted by Gasteiger charge is -2.09. The smallest absolute Gasteiger partial charge is 0.234 e. The highest BCUT2D eigenvalue weighted by atomic mass is 35.5.